The summed E-state index contributed by atoms with van der Waals surface area (Å²) in [6.45, 7) is 6.06. The van der Waals surface area contributed by atoms with Gasteiger partial charge in [-0.05, 0) is 43.5 Å². The van der Waals surface area contributed by atoms with Crippen LogP contribution in [0.3, 0.4) is 0 Å². The minimum atomic E-state index is 0.451. The molecule has 38 heavy (non-hydrogen) atoms. The maximum Gasteiger partial charge on any atom is 0.212 e. The Balaban J connectivity index is 1.20. The molecule has 4 aliphatic heterocycles. The van der Waals surface area contributed by atoms with E-state index in [0.717, 1.165) is 53.6 Å². The molecule has 0 saturated carbocycles. The zero-order valence-electron chi connectivity index (χ0n) is 22.2. The van der Waals surface area contributed by atoms with E-state index in [4.69, 9.17) is 14.5 Å². The maximum absolute atomic E-state index is 9.80. The first-order chi connectivity index (χ1) is 18.6. The van der Waals surface area contributed by atoms with E-state index in [2.05, 4.69) is 39.1 Å². The Morgan fingerprint density at radius 1 is 1.08 bits per heavy atom. The third-order valence-electron chi connectivity index (χ3n) is 7.80. The van der Waals surface area contributed by atoms with Gasteiger partial charge in [0.2, 0.25) is 5.88 Å². The SMILES string of the molecule is CCOC1=CN2C(=C(C#N)CN2C)C(c2ccc(N3C4CCC3CN(Cc3ccc(OC)nc3)C4)nc2)=C1. The van der Waals surface area contributed by atoms with Gasteiger partial charge in [-0.3, -0.25) is 9.91 Å². The summed E-state index contributed by atoms with van der Waals surface area (Å²) in [6, 6.07) is 11.6. The Morgan fingerprint density at radius 2 is 1.89 bits per heavy atom. The molecule has 9 nitrogen and oxygen atoms in total. The van der Waals surface area contributed by atoms with Gasteiger partial charge in [0.05, 0.1) is 43.8 Å². The maximum atomic E-state index is 9.80. The highest BCUT2D eigenvalue weighted by Crippen LogP contribution is 2.40. The lowest BCUT2D eigenvalue weighted by atomic mass is 9.98. The second-order valence-electron chi connectivity index (χ2n) is 10.2. The quantitative estimate of drug-likeness (QED) is 0.554. The Kier molecular flexibility index (Phi) is 6.52. The van der Waals surface area contributed by atoms with E-state index < -0.39 is 0 Å². The van der Waals surface area contributed by atoms with Crippen molar-refractivity contribution in [2.24, 2.45) is 0 Å². The highest BCUT2D eigenvalue weighted by atomic mass is 16.5. The van der Waals surface area contributed by atoms with E-state index in [0.29, 0.717) is 31.1 Å². The van der Waals surface area contributed by atoms with Gasteiger partial charge in [0.1, 0.15) is 11.6 Å². The number of nitriles is 1. The fraction of sp³-hybridized carbons (Fsp3) is 0.414. The van der Waals surface area contributed by atoms with E-state index in [1.54, 1.807) is 7.11 Å². The fourth-order valence-corrected chi connectivity index (χ4v) is 6.14. The van der Waals surface area contributed by atoms with E-state index in [1.807, 2.05) is 54.7 Å². The molecule has 2 unspecified atom stereocenters. The molecule has 9 heteroatoms. The molecule has 2 atom stereocenters. The van der Waals surface area contributed by atoms with Crippen molar-refractivity contribution in [3.05, 3.63) is 77.1 Å². The molecule has 0 N–H and O–H groups in total. The molecule has 6 heterocycles. The first-order valence-electron chi connectivity index (χ1n) is 13.2. The van der Waals surface area contributed by atoms with Gasteiger partial charge in [-0.15, -0.1) is 0 Å². The molecule has 0 aromatic carbocycles. The van der Waals surface area contributed by atoms with Crippen LogP contribution in [0, 0.1) is 11.3 Å². The van der Waals surface area contributed by atoms with Crippen molar-refractivity contribution in [1.82, 2.24) is 24.9 Å². The molecule has 0 aliphatic carbocycles. The fourth-order valence-electron chi connectivity index (χ4n) is 6.14. The number of piperazine rings is 1. The van der Waals surface area contributed by atoms with Gasteiger partial charge in [0.25, 0.3) is 0 Å². The summed E-state index contributed by atoms with van der Waals surface area (Å²) in [6.07, 6.45) is 10.2. The number of methoxy groups -OCH3 is 1. The average Bonchev–Trinajstić information content (AvgIpc) is 3.41. The van der Waals surface area contributed by atoms with Crippen molar-refractivity contribution < 1.29 is 9.47 Å². The third kappa shape index (κ3) is 4.40. The Labute approximate surface area is 223 Å². The molecule has 6 rings (SSSR count). The molecule has 0 spiro atoms. The van der Waals surface area contributed by atoms with Crippen LogP contribution in [0.4, 0.5) is 5.82 Å². The summed E-state index contributed by atoms with van der Waals surface area (Å²) >= 11 is 0. The van der Waals surface area contributed by atoms with Crippen LogP contribution in [0.15, 0.2) is 66.0 Å². The lowest BCUT2D eigenvalue weighted by Gasteiger charge is -2.42. The van der Waals surface area contributed by atoms with Crippen LogP contribution >= 0.6 is 0 Å². The number of hydrogen-bond donors (Lipinski definition) is 0. The van der Waals surface area contributed by atoms with E-state index >= 15 is 0 Å². The molecule has 2 saturated heterocycles. The van der Waals surface area contributed by atoms with Crippen molar-refractivity contribution in [3.8, 4) is 11.9 Å². The van der Waals surface area contributed by atoms with Crippen LogP contribution in [0.25, 0.3) is 5.57 Å². The van der Waals surface area contributed by atoms with Crippen LogP contribution in [-0.4, -0.2) is 77.4 Å². The number of likely N-dealkylation sites (N-methyl/N-ethyl adjacent to an activating group) is 1. The second kappa shape index (κ2) is 10.1. The van der Waals surface area contributed by atoms with Gasteiger partial charge in [0.15, 0.2) is 0 Å². The van der Waals surface area contributed by atoms with Gasteiger partial charge >= 0.3 is 0 Å². The number of fused-ring (bicyclic) bond motifs is 3. The molecule has 4 aliphatic rings. The largest absolute Gasteiger partial charge is 0.492 e. The minimum absolute atomic E-state index is 0.451. The Morgan fingerprint density at radius 3 is 2.53 bits per heavy atom. The molecule has 0 amide bonds. The summed E-state index contributed by atoms with van der Waals surface area (Å²) in [7, 11) is 3.62. The number of pyridine rings is 2. The van der Waals surface area contributed by atoms with Crippen molar-refractivity contribution in [1.29, 1.82) is 5.26 Å². The molecule has 0 radical (unpaired) electrons. The zero-order chi connectivity index (χ0) is 26.2. The number of rotatable bonds is 7. The van der Waals surface area contributed by atoms with E-state index in [-0.39, 0.29) is 0 Å². The van der Waals surface area contributed by atoms with Crippen LogP contribution in [0.5, 0.6) is 5.88 Å². The average molecular weight is 512 g/mol. The number of hydrazine groups is 1. The molecular weight excluding hydrogens is 478 g/mol. The topological polar surface area (TPSA) is 81.0 Å². The smallest absolute Gasteiger partial charge is 0.212 e. The molecule has 2 aromatic rings. The Bertz CT molecular complexity index is 1310. The van der Waals surface area contributed by atoms with Crippen molar-refractivity contribution in [3.63, 3.8) is 0 Å². The van der Waals surface area contributed by atoms with Crippen LogP contribution in [0.2, 0.25) is 0 Å². The molecule has 196 valence electrons. The monoisotopic (exact) mass is 511 g/mol. The number of hydrogen-bond acceptors (Lipinski definition) is 9. The normalized spacial score (nSPS) is 23.2. The highest BCUT2D eigenvalue weighted by Gasteiger charge is 2.40. The van der Waals surface area contributed by atoms with Crippen LogP contribution < -0.4 is 9.64 Å². The Hall–Kier alpha value is -3.87. The number of allylic oxidation sites excluding steroid dienone is 2. The minimum Gasteiger partial charge on any atom is -0.492 e. The summed E-state index contributed by atoms with van der Waals surface area (Å²) in [5.41, 5.74) is 4.82. The van der Waals surface area contributed by atoms with Crippen molar-refractivity contribution in [2.45, 2.75) is 38.4 Å². The van der Waals surface area contributed by atoms with Gasteiger partial charge in [-0.25, -0.2) is 15.0 Å². The summed E-state index contributed by atoms with van der Waals surface area (Å²) in [5, 5.41) is 13.8. The van der Waals surface area contributed by atoms with Crippen LogP contribution in [-0.2, 0) is 11.3 Å². The lowest BCUT2D eigenvalue weighted by Crippen LogP contribution is -2.53. The number of nitrogens with zero attached hydrogens (tertiary/aromatic N) is 7. The highest BCUT2D eigenvalue weighted by molar-refractivity contribution is 5.83. The molecular formula is C29H33N7O2. The molecule has 2 bridgehead atoms. The number of aromatic nitrogens is 2. The number of likely N-dealkylation sites (tertiary alicyclic amines) is 1. The van der Waals surface area contributed by atoms with Crippen molar-refractivity contribution >= 4 is 11.4 Å². The van der Waals surface area contributed by atoms with Crippen LogP contribution in [0.1, 0.15) is 30.9 Å². The van der Waals surface area contributed by atoms with Crippen molar-refractivity contribution in [2.75, 3.05) is 45.3 Å². The predicted molar refractivity (Wildman–Crippen MR) is 144 cm³/mol. The van der Waals surface area contributed by atoms with E-state index in [1.165, 1.54) is 18.4 Å². The van der Waals surface area contributed by atoms with Gasteiger partial charge in [0, 0.05) is 68.4 Å². The first-order valence-corrected chi connectivity index (χ1v) is 13.2. The van der Waals surface area contributed by atoms with Gasteiger partial charge < -0.3 is 14.4 Å². The molecule has 2 aromatic heterocycles. The van der Waals surface area contributed by atoms with Gasteiger partial charge in [-0.1, -0.05) is 6.07 Å². The predicted octanol–water partition coefficient (Wildman–Crippen LogP) is 3.55. The summed E-state index contributed by atoms with van der Waals surface area (Å²) < 4.78 is 11.0. The molecule has 2 fully saturated rings. The standard InChI is InChI=1S/C29H33N7O2/c1-4-38-25-11-26(29-22(12-30)16-33(2)35(29)19-25)21-6-9-27(31-14-21)36-23-7-8-24(36)18-34(17-23)15-20-5-10-28(37-3)32-13-20/h5-6,9-11,13-14,19,23-24H,4,7-8,15-18H2,1-3H3. The second-order valence-corrected chi connectivity index (χ2v) is 10.2. The number of ether oxygens (including phenoxy) is 2. The zero-order valence-corrected chi connectivity index (χ0v) is 22.2. The summed E-state index contributed by atoms with van der Waals surface area (Å²) in [4.78, 5) is 14.4. The third-order valence-corrected chi connectivity index (χ3v) is 7.80. The summed E-state index contributed by atoms with van der Waals surface area (Å²) in [5.74, 6) is 2.46. The number of anilines is 1. The van der Waals surface area contributed by atoms with Gasteiger partial charge in [-0.2, -0.15) is 5.26 Å². The lowest BCUT2D eigenvalue weighted by molar-refractivity contribution is 0.120. The van der Waals surface area contributed by atoms with E-state index in [9.17, 15) is 5.26 Å². The first kappa shape index (κ1) is 24.5.